The minimum Gasteiger partial charge on any atom is -0.497 e. The molecule has 3 heteroatoms. The van der Waals surface area contributed by atoms with Crippen molar-refractivity contribution in [2.24, 2.45) is 0 Å². The first-order chi connectivity index (χ1) is 10.8. The maximum Gasteiger partial charge on any atom is 0.118 e. The van der Waals surface area contributed by atoms with Gasteiger partial charge in [0.1, 0.15) is 5.75 Å². The number of fused-ring (bicyclic) bond motifs is 1. The Labute approximate surface area is 131 Å². The van der Waals surface area contributed by atoms with Crippen molar-refractivity contribution in [1.29, 1.82) is 0 Å². The van der Waals surface area contributed by atoms with E-state index in [4.69, 9.17) is 4.74 Å². The van der Waals surface area contributed by atoms with Crippen molar-refractivity contribution >= 4 is 10.9 Å². The van der Waals surface area contributed by atoms with Crippen LogP contribution in [0.15, 0.2) is 54.6 Å². The highest BCUT2D eigenvalue weighted by Crippen LogP contribution is 2.30. The summed E-state index contributed by atoms with van der Waals surface area (Å²) in [4.78, 5) is 3.57. The fourth-order valence-corrected chi connectivity index (χ4v) is 2.91. The molecule has 0 saturated carbocycles. The number of methoxy groups -OCH3 is 1. The zero-order valence-electron chi connectivity index (χ0n) is 13.1. The molecule has 0 saturated heterocycles. The third-order valence-corrected chi connectivity index (χ3v) is 4.13. The first-order valence-corrected chi connectivity index (χ1v) is 7.68. The van der Waals surface area contributed by atoms with Crippen LogP contribution >= 0.6 is 0 Å². The average Bonchev–Trinajstić information content (AvgIpc) is 2.99. The van der Waals surface area contributed by atoms with Crippen LogP contribution in [0.4, 0.5) is 0 Å². The van der Waals surface area contributed by atoms with Gasteiger partial charge in [-0.3, -0.25) is 0 Å². The van der Waals surface area contributed by atoms with Gasteiger partial charge in [-0.2, -0.15) is 0 Å². The highest BCUT2D eigenvalue weighted by Gasteiger charge is 2.16. The predicted octanol–water partition coefficient (Wildman–Crippen LogP) is 3.92. The minimum atomic E-state index is 0.353. The molecule has 0 bridgehead atoms. The lowest BCUT2D eigenvalue weighted by atomic mass is 9.92. The van der Waals surface area contributed by atoms with E-state index >= 15 is 0 Å². The number of nitrogens with one attached hydrogen (secondary N) is 2. The van der Waals surface area contributed by atoms with Gasteiger partial charge < -0.3 is 15.0 Å². The van der Waals surface area contributed by atoms with Gasteiger partial charge in [-0.05, 0) is 55.2 Å². The molecule has 2 aromatic carbocycles. The number of rotatable bonds is 6. The second kappa shape index (κ2) is 6.67. The molecule has 3 aromatic rings. The topological polar surface area (TPSA) is 37.0 Å². The molecule has 1 unspecified atom stereocenters. The van der Waals surface area contributed by atoms with Gasteiger partial charge in [0.05, 0.1) is 7.11 Å². The van der Waals surface area contributed by atoms with E-state index < -0.39 is 0 Å². The van der Waals surface area contributed by atoms with E-state index in [-0.39, 0.29) is 0 Å². The number of aromatic nitrogens is 1. The highest BCUT2D eigenvalue weighted by molar-refractivity contribution is 5.80. The van der Waals surface area contributed by atoms with E-state index in [0.717, 1.165) is 18.7 Å². The molecule has 0 spiro atoms. The molecule has 2 N–H and O–H groups in total. The van der Waals surface area contributed by atoms with E-state index in [9.17, 15) is 0 Å². The normalized spacial score (nSPS) is 12.5. The van der Waals surface area contributed by atoms with Gasteiger partial charge in [0.2, 0.25) is 0 Å². The molecule has 0 amide bonds. The molecule has 1 heterocycles. The summed E-state index contributed by atoms with van der Waals surface area (Å²) in [5.41, 5.74) is 3.77. The maximum atomic E-state index is 5.26. The first-order valence-electron chi connectivity index (χ1n) is 7.68. The molecular weight excluding hydrogens is 272 g/mol. The molecule has 3 nitrogen and oxygen atoms in total. The Morgan fingerprint density at radius 2 is 1.86 bits per heavy atom. The number of hydrogen-bond acceptors (Lipinski definition) is 2. The summed E-state index contributed by atoms with van der Waals surface area (Å²) in [6, 6.07) is 19.1. The lowest BCUT2D eigenvalue weighted by Crippen LogP contribution is -2.13. The van der Waals surface area contributed by atoms with Gasteiger partial charge in [0.15, 0.2) is 0 Å². The van der Waals surface area contributed by atoms with Gasteiger partial charge in [0, 0.05) is 17.1 Å². The van der Waals surface area contributed by atoms with Gasteiger partial charge in [-0.25, -0.2) is 0 Å². The maximum absolute atomic E-state index is 5.26. The molecule has 114 valence electrons. The van der Waals surface area contributed by atoms with Crippen LogP contribution in [-0.2, 0) is 0 Å². The van der Waals surface area contributed by atoms with E-state index in [0.29, 0.717) is 5.92 Å². The SMILES string of the molecule is CNCCC(c1ccc(OC)cc1)c1cc2ccccc2[nH]1. The van der Waals surface area contributed by atoms with Crippen molar-refractivity contribution in [1.82, 2.24) is 10.3 Å². The van der Waals surface area contributed by atoms with Crippen LogP contribution in [0.1, 0.15) is 23.6 Å². The van der Waals surface area contributed by atoms with Crippen LogP contribution in [0.25, 0.3) is 10.9 Å². The largest absolute Gasteiger partial charge is 0.497 e. The summed E-state index contributed by atoms with van der Waals surface area (Å²) in [5.74, 6) is 1.25. The van der Waals surface area contributed by atoms with Crippen molar-refractivity contribution in [2.45, 2.75) is 12.3 Å². The van der Waals surface area contributed by atoms with Gasteiger partial charge in [0.25, 0.3) is 0 Å². The van der Waals surface area contributed by atoms with E-state index in [1.165, 1.54) is 22.2 Å². The zero-order valence-corrected chi connectivity index (χ0v) is 13.1. The molecule has 1 atom stereocenters. The smallest absolute Gasteiger partial charge is 0.118 e. The monoisotopic (exact) mass is 294 g/mol. The zero-order chi connectivity index (χ0) is 15.4. The van der Waals surface area contributed by atoms with Crippen molar-refractivity contribution in [3.05, 3.63) is 65.9 Å². The summed E-state index contributed by atoms with van der Waals surface area (Å²) in [7, 11) is 3.70. The molecule has 3 rings (SSSR count). The number of ether oxygens (including phenoxy) is 1. The quantitative estimate of drug-likeness (QED) is 0.723. The lowest BCUT2D eigenvalue weighted by Gasteiger charge is -2.16. The Hall–Kier alpha value is -2.26. The Morgan fingerprint density at radius 1 is 1.09 bits per heavy atom. The number of benzene rings is 2. The van der Waals surface area contributed by atoms with Crippen molar-refractivity contribution in [2.75, 3.05) is 20.7 Å². The number of aromatic amines is 1. The molecule has 0 aliphatic heterocycles. The predicted molar refractivity (Wildman–Crippen MR) is 91.7 cm³/mol. The van der Waals surface area contributed by atoms with Crippen molar-refractivity contribution in [3.8, 4) is 5.75 Å². The number of hydrogen-bond donors (Lipinski definition) is 2. The minimum absolute atomic E-state index is 0.353. The molecule has 22 heavy (non-hydrogen) atoms. The second-order valence-corrected chi connectivity index (χ2v) is 5.53. The summed E-state index contributed by atoms with van der Waals surface area (Å²) in [6.07, 6.45) is 1.05. The third kappa shape index (κ3) is 3.00. The van der Waals surface area contributed by atoms with Crippen LogP contribution in [0.3, 0.4) is 0 Å². The molecule has 0 fully saturated rings. The van der Waals surface area contributed by atoms with Crippen LogP contribution < -0.4 is 10.1 Å². The molecule has 1 aromatic heterocycles. The number of H-pyrrole nitrogens is 1. The highest BCUT2D eigenvalue weighted by atomic mass is 16.5. The summed E-state index contributed by atoms with van der Waals surface area (Å²) >= 11 is 0. The fourth-order valence-electron chi connectivity index (χ4n) is 2.91. The summed E-state index contributed by atoms with van der Waals surface area (Å²) in [6.45, 7) is 0.978. The van der Waals surface area contributed by atoms with Gasteiger partial charge in [-0.1, -0.05) is 30.3 Å². The standard InChI is InChI=1S/C19H22N2O/c1-20-12-11-17(14-7-9-16(22-2)10-8-14)19-13-15-5-3-4-6-18(15)21-19/h3-10,13,17,20-21H,11-12H2,1-2H3. The van der Waals surface area contributed by atoms with Gasteiger partial charge in [-0.15, -0.1) is 0 Å². The summed E-state index contributed by atoms with van der Waals surface area (Å²) < 4.78 is 5.26. The molecule has 0 aliphatic rings. The summed E-state index contributed by atoms with van der Waals surface area (Å²) in [5, 5.41) is 4.52. The number of para-hydroxylation sites is 1. The Morgan fingerprint density at radius 3 is 2.55 bits per heavy atom. The van der Waals surface area contributed by atoms with E-state index in [1.807, 2.05) is 19.2 Å². The first kappa shape index (κ1) is 14.7. The lowest BCUT2D eigenvalue weighted by molar-refractivity contribution is 0.414. The molecule has 0 aliphatic carbocycles. The molecular formula is C19H22N2O. The van der Waals surface area contributed by atoms with Crippen LogP contribution in [0.2, 0.25) is 0 Å². The van der Waals surface area contributed by atoms with Gasteiger partial charge >= 0.3 is 0 Å². The fraction of sp³-hybridized carbons (Fsp3) is 0.263. The van der Waals surface area contributed by atoms with Crippen LogP contribution in [0.5, 0.6) is 5.75 Å². The van der Waals surface area contributed by atoms with Crippen molar-refractivity contribution < 1.29 is 4.74 Å². The third-order valence-electron chi connectivity index (χ3n) is 4.13. The van der Waals surface area contributed by atoms with E-state index in [2.05, 4.69) is 52.8 Å². The molecule has 0 radical (unpaired) electrons. The Balaban J connectivity index is 1.97. The van der Waals surface area contributed by atoms with Crippen LogP contribution in [-0.4, -0.2) is 25.7 Å². The van der Waals surface area contributed by atoms with Crippen molar-refractivity contribution in [3.63, 3.8) is 0 Å². The Bertz CT molecular complexity index is 698. The van der Waals surface area contributed by atoms with Crippen LogP contribution in [0, 0.1) is 0 Å². The Kier molecular flexibility index (Phi) is 4.45. The second-order valence-electron chi connectivity index (χ2n) is 5.53. The van der Waals surface area contributed by atoms with E-state index in [1.54, 1.807) is 7.11 Å². The average molecular weight is 294 g/mol.